The average molecular weight is 405 g/mol. The number of alkyl halides is 9. The number of nitrogens with zero attached hydrogens (tertiary/aromatic N) is 3. The molecule has 0 bridgehead atoms. The van der Waals surface area contributed by atoms with Crippen LogP contribution in [0.3, 0.4) is 0 Å². The van der Waals surface area contributed by atoms with E-state index in [1.54, 1.807) is 4.91 Å². The highest BCUT2D eigenvalue weighted by atomic mass is 19.4. The first-order valence-electron chi connectivity index (χ1n) is 6.81. The van der Waals surface area contributed by atoms with Crippen LogP contribution in [-0.4, -0.2) is 51.3 Å². The van der Waals surface area contributed by atoms with E-state index in [9.17, 15) is 54.8 Å². The van der Waals surface area contributed by atoms with Crippen LogP contribution in [0.2, 0.25) is 0 Å². The summed E-state index contributed by atoms with van der Waals surface area (Å²) in [7, 11) is 0. The van der Waals surface area contributed by atoms with E-state index in [2.05, 4.69) is 5.11 Å². The van der Waals surface area contributed by atoms with E-state index in [0.29, 0.717) is 0 Å². The topological polar surface area (TPSA) is 109 Å². The summed E-state index contributed by atoms with van der Waals surface area (Å²) >= 11 is 0. The van der Waals surface area contributed by atoms with Crippen molar-refractivity contribution in [3.05, 3.63) is 10.4 Å². The number of aliphatic hydroxyl groups excluding tert-OH is 1. The molecule has 0 saturated heterocycles. The first-order chi connectivity index (χ1) is 11.4. The summed E-state index contributed by atoms with van der Waals surface area (Å²) in [5, 5.41) is 30.5. The molecule has 1 rings (SSSR count). The van der Waals surface area contributed by atoms with Gasteiger partial charge >= 0.3 is 18.5 Å². The smallest absolute Gasteiger partial charge is 0.393 e. The van der Waals surface area contributed by atoms with Gasteiger partial charge in [0.2, 0.25) is 5.72 Å². The van der Waals surface area contributed by atoms with Crippen molar-refractivity contribution < 1.29 is 54.8 Å². The highest BCUT2D eigenvalue weighted by Gasteiger charge is 2.75. The van der Waals surface area contributed by atoms with Crippen molar-refractivity contribution in [1.29, 1.82) is 0 Å². The molecule has 1 fully saturated rings. The quantitative estimate of drug-likeness (QED) is 0.290. The summed E-state index contributed by atoms with van der Waals surface area (Å²) < 4.78 is 116. The van der Waals surface area contributed by atoms with Crippen molar-refractivity contribution in [1.82, 2.24) is 0 Å². The summed E-state index contributed by atoms with van der Waals surface area (Å²) in [6, 6.07) is 0. The second-order valence-electron chi connectivity index (χ2n) is 5.93. The van der Waals surface area contributed by atoms with Crippen LogP contribution in [-0.2, 0) is 0 Å². The summed E-state index contributed by atoms with van der Waals surface area (Å²) in [6.07, 6.45) is -24.7. The molecule has 26 heavy (non-hydrogen) atoms. The zero-order valence-electron chi connectivity index (χ0n) is 12.4. The van der Waals surface area contributed by atoms with Crippen LogP contribution in [0, 0.1) is 11.8 Å². The molecule has 3 N–H and O–H groups in total. The van der Waals surface area contributed by atoms with Gasteiger partial charge in [0.15, 0.2) is 0 Å². The van der Waals surface area contributed by atoms with E-state index in [1.807, 2.05) is 0 Å². The average Bonchev–Trinajstić information content (AvgIpc) is 2.42. The molecule has 0 aliphatic heterocycles. The third-order valence-corrected chi connectivity index (χ3v) is 4.32. The van der Waals surface area contributed by atoms with Gasteiger partial charge in [-0.25, -0.2) is 0 Å². The normalized spacial score (nSPS) is 28.2. The molecule has 15 heteroatoms. The lowest BCUT2D eigenvalue weighted by atomic mass is 9.68. The Balaban J connectivity index is 3.44. The van der Waals surface area contributed by atoms with Gasteiger partial charge in [0.25, 0.3) is 5.60 Å². The molecule has 0 aromatic rings. The number of halogens is 9. The number of hydrogen-bond donors (Lipinski definition) is 3. The molecule has 0 aromatic heterocycles. The minimum atomic E-state index is -6.33. The van der Waals surface area contributed by atoms with Gasteiger partial charge in [-0.1, -0.05) is 0 Å². The molecule has 0 radical (unpaired) electrons. The molecule has 0 amide bonds. The molecule has 4 unspecified atom stereocenters. The zero-order valence-corrected chi connectivity index (χ0v) is 12.4. The van der Waals surface area contributed by atoms with Crippen molar-refractivity contribution >= 4 is 0 Å². The summed E-state index contributed by atoms with van der Waals surface area (Å²) in [5.74, 6) is -5.53. The van der Waals surface area contributed by atoms with Gasteiger partial charge in [-0.05, 0) is 29.9 Å². The van der Waals surface area contributed by atoms with Crippen molar-refractivity contribution in [3.8, 4) is 0 Å². The SMILES string of the molecule is [N-]=[N+]=NC(O)(C1CC(O)CC(C(O)(C(F)(F)F)C(F)(F)F)C1)C(F)(F)F. The second-order valence-corrected chi connectivity index (χ2v) is 5.93. The summed E-state index contributed by atoms with van der Waals surface area (Å²) in [5.41, 5.74) is -1.62. The Kier molecular flexibility index (Phi) is 5.75. The fraction of sp³-hybridized carbons (Fsp3) is 1.00. The molecule has 1 saturated carbocycles. The molecular formula is C11H12F9N3O3. The third-order valence-electron chi connectivity index (χ3n) is 4.32. The second kappa shape index (κ2) is 6.62. The number of azide groups is 1. The minimum Gasteiger partial charge on any atom is -0.393 e. The van der Waals surface area contributed by atoms with Crippen molar-refractivity contribution in [2.45, 2.75) is 55.2 Å². The fourth-order valence-corrected chi connectivity index (χ4v) is 3.02. The van der Waals surface area contributed by atoms with Gasteiger partial charge in [-0.3, -0.25) is 0 Å². The lowest BCUT2D eigenvalue weighted by Gasteiger charge is -2.46. The third kappa shape index (κ3) is 3.66. The Morgan fingerprint density at radius 1 is 0.769 bits per heavy atom. The van der Waals surface area contributed by atoms with E-state index >= 15 is 0 Å². The van der Waals surface area contributed by atoms with Crippen LogP contribution in [0.25, 0.3) is 10.4 Å². The lowest BCUT2D eigenvalue weighted by molar-refractivity contribution is -0.391. The van der Waals surface area contributed by atoms with Gasteiger partial charge in [-0.15, -0.1) is 0 Å². The maximum atomic E-state index is 13.0. The number of rotatable bonds is 3. The maximum Gasteiger partial charge on any atom is 0.426 e. The molecular weight excluding hydrogens is 393 g/mol. The van der Waals surface area contributed by atoms with Gasteiger partial charge in [0.05, 0.1) is 6.10 Å². The summed E-state index contributed by atoms with van der Waals surface area (Å²) in [6.45, 7) is 0. The Morgan fingerprint density at radius 3 is 1.54 bits per heavy atom. The molecule has 1 aliphatic rings. The highest BCUT2D eigenvalue weighted by Crippen LogP contribution is 2.55. The standard InChI is InChI=1S/C11H12F9N3O3/c12-9(13,14)7(25,10(15,16)17)4-1-5(3-6(24)2-4)8(26,22-23-21)11(18,19)20/h4-6,24-26H,1-3H2. The molecule has 0 heterocycles. The predicted octanol–water partition coefficient (Wildman–Crippen LogP) is 3.18. The van der Waals surface area contributed by atoms with Crippen molar-refractivity contribution in [3.63, 3.8) is 0 Å². The molecule has 0 aromatic carbocycles. The van der Waals surface area contributed by atoms with Crippen molar-refractivity contribution in [2.24, 2.45) is 17.0 Å². The van der Waals surface area contributed by atoms with Crippen LogP contribution in [0.5, 0.6) is 0 Å². The maximum absolute atomic E-state index is 13.0. The Bertz CT molecular complexity index is 556. The van der Waals surface area contributed by atoms with E-state index in [1.165, 1.54) is 0 Å². The first-order valence-corrected chi connectivity index (χ1v) is 6.81. The van der Waals surface area contributed by atoms with Gasteiger partial charge in [-0.2, -0.15) is 39.5 Å². The Labute approximate surface area is 138 Å². The zero-order chi connectivity index (χ0) is 20.8. The van der Waals surface area contributed by atoms with Crippen LogP contribution in [0.15, 0.2) is 5.11 Å². The lowest BCUT2D eigenvalue weighted by Crippen LogP contribution is -2.64. The molecule has 6 nitrogen and oxygen atoms in total. The molecule has 0 spiro atoms. The van der Waals surface area contributed by atoms with E-state index in [0.717, 1.165) is 0 Å². The summed E-state index contributed by atoms with van der Waals surface area (Å²) in [4.78, 5) is 1.73. The predicted molar refractivity (Wildman–Crippen MR) is 64.0 cm³/mol. The first kappa shape index (κ1) is 22.6. The molecule has 152 valence electrons. The Hall–Kier alpha value is -1.44. The van der Waals surface area contributed by atoms with Crippen LogP contribution in [0.1, 0.15) is 19.3 Å². The number of aliphatic hydroxyl groups is 3. The van der Waals surface area contributed by atoms with Crippen LogP contribution in [0.4, 0.5) is 39.5 Å². The monoisotopic (exact) mass is 405 g/mol. The highest BCUT2D eigenvalue weighted by molar-refractivity contribution is 5.05. The molecule has 1 aliphatic carbocycles. The number of hydrogen-bond acceptors (Lipinski definition) is 4. The van der Waals surface area contributed by atoms with Crippen LogP contribution >= 0.6 is 0 Å². The van der Waals surface area contributed by atoms with E-state index in [-0.39, 0.29) is 0 Å². The Morgan fingerprint density at radius 2 is 1.19 bits per heavy atom. The van der Waals surface area contributed by atoms with Crippen LogP contribution < -0.4 is 0 Å². The fourth-order valence-electron chi connectivity index (χ4n) is 3.02. The van der Waals surface area contributed by atoms with Gasteiger partial charge in [0.1, 0.15) is 0 Å². The van der Waals surface area contributed by atoms with Gasteiger partial charge < -0.3 is 15.3 Å². The minimum absolute atomic E-state index is 1.10. The van der Waals surface area contributed by atoms with Gasteiger partial charge in [0, 0.05) is 16.7 Å². The van der Waals surface area contributed by atoms with Crippen molar-refractivity contribution in [2.75, 3.05) is 0 Å². The largest absolute Gasteiger partial charge is 0.426 e. The van der Waals surface area contributed by atoms with E-state index < -0.39 is 67.1 Å². The molecule has 4 atom stereocenters. The van der Waals surface area contributed by atoms with E-state index in [4.69, 9.17) is 5.53 Å².